The van der Waals surface area contributed by atoms with Crippen LogP contribution in [0.15, 0.2) is 94.9 Å². The molecule has 0 aliphatic carbocycles. The Morgan fingerprint density at radius 3 is 2.03 bits per heavy atom. The average Bonchev–Trinajstić information content (AvgIpc) is 2.92. The molecule has 1 heterocycles. The van der Waals surface area contributed by atoms with Crippen LogP contribution in [0.1, 0.15) is 24.0 Å². The number of hydrogen-bond donors (Lipinski definition) is 2. The first kappa shape index (κ1) is 25.2. The first-order valence-electron chi connectivity index (χ1n) is 11.8. The molecule has 4 rings (SSSR count). The van der Waals surface area contributed by atoms with Crippen LogP contribution in [0, 0.1) is 0 Å². The van der Waals surface area contributed by atoms with Gasteiger partial charge in [0.1, 0.15) is 0 Å². The summed E-state index contributed by atoms with van der Waals surface area (Å²) in [4.78, 5) is 42.6. The van der Waals surface area contributed by atoms with Crippen molar-refractivity contribution in [1.82, 2.24) is 20.2 Å². The molecule has 0 aliphatic heterocycles. The maximum atomic E-state index is 13.2. The molecule has 4 aromatic rings. The highest BCUT2D eigenvalue weighted by molar-refractivity contribution is 7.99. The molecule has 2 N–H and O–H groups in total. The summed E-state index contributed by atoms with van der Waals surface area (Å²) < 4.78 is 1.57. The van der Waals surface area contributed by atoms with Gasteiger partial charge in [0, 0.05) is 26.1 Å². The van der Waals surface area contributed by atoms with E-state index in [-0.39, 0.29) is 29.5 Å². The van der Waals surface area contributed by atoms with Gasteiger partial charge in [0.15, 0.2) is 5.16 Å². The molecule has 1 aromatic heterocycles. The number of hydrogen-bond acceptors (Lipinski definition) is 5. The topological polar surface area (TPSA) is 93.1 Å². The Kier molecular flexibility index (Phi) is 8.88. The molecule has 0 saturated heterocycles. The zero-order chi connectivity index (χ0) is 25.2. The summed E-state index contributed by atoms with van der Waals surface area (Å²) in [5.41, 5.74) is 2.47. The summed E-state index contributed by atoms with van der Waals surface area (Å²) >= 11 is 1.22. The number of amides is 2. The molecule has 0 spiro atoms. The maximum absolute atomic E-state index is 13.2. The molecule has 8 heteroatoms. The van der Waals surface area contributed by atoms with Crippen LogP contribution in [0.2, 0.25) is 0 Å². The lowest BCUT2D eigenvalue weighted by molar-refractivity contribution is -0.121. The Labute approximate surface area is 214 Å². The fourth-order valence-corrected chi connectivity index (χ4v) is 4.57. The molecular weight excluding hydrogens is 472 g/mol. The summed E-state index contributed by atoms with van der Waals surface area (Å²) in [7, 11) is 0. The second-order valence-corrected chi connectivity index (χ2v) is 9.23. The van der Waals surface area contributed by atoms with Crippen molar-refractivity contribution in [3.05, 3.63) is 106 Å². The fourth-order valence-electron chi connectivity index (χ4n) is 3.72. The Balaban J connectivity index is 1.38. The minimum atomic E-state index is -0.169. The molecule has 36 heavy (non-hydrogen) atoms. The van der Waals surface area contributed by atoms with Crippen LogP contribution in [0.25, 0.3) is 10.9 Å². The third kappa shape index (κ3) is 7.05. The zero-order valence-corrected chi connectivity index (χ0v) is 20.7. The number of para-hydroxylation sites is 1. The largest absolute Gasteiger partial charge is 0.352 e. The Morgan fingerprint density at radius 2 is 1.36 bits per heavy atom. The SMILES string of the molecule is O=C(CCCn1c(SCC(=O)NCc2ccccc2)nc2ccccc2c1=O)NCc1ccccc1. The van der Waals surface area contributed by atoms with E-state index >= 15 is 0 Å². The number of rotatable bonds is 11. The minimum absolute atomic E-state index is 0.0739. The van der Waals surface area contributed by atoms with Gasteiger partial charge in [-0.15, -0.1) is 0 Å². The van der Waals surface area contributed by atoms with E-state index in [1.54, 1.807) is 22.8 Å². The molecule has 0 fully saturated rings. The van der Waals surface area contributed by atoms with Gasteiger partial charge in [-0.1, -0.05) is 84.6 Å². The van der Waals surface area contributed by atoms with E-state index in [9.17, 15) is 14.4 Å². The molecule has 7 nitrogen and oxygen atoms in total. The third-order valence-corrected chi connectivity index (χ3v) is 6.59. The molecule has 0 aliphatic rings. The summed E-state index contributed by atoms with van der Waals surface area (Å²) in [6.07, 6.45) is 0.766. The lowest BCUT2D eigenvalue weighted by Gasteiger charge is -2.13. The number of aromatic nitrogens is 2. The van der Waals surface area contributed by atoms with Crippen molar-refractivity contribution in [2.24, 2.45) is 0 Å². The molecule has 0 saturated carbocycles. The summed E-state index contributed by atoms with van der Waals surface area (Å²) in [5, 5.41) is 6.80. The maximum Gasteiger partial charge on any atom is 0.262 e. The van der Waals surface area contributed by atoms with E-state index in [1.807, 2.05) is 66.7 Å². The van der Waals surface area contributed by atoms with E-state index in [2.05, 4.69) is 15.6 Å². The smallest absolute Gasteiger partial charge is 0.262 e. The van der Waals surface area contributed by atoms with Crippen LogP contribution >= 0.6 is 11.8 Å². The molecule has 184 valence electrons. The van der Waals surface area contributed by atoms with E-state index in [0.29, 0.717) is 42.1 Å². The number of fused-ring (bicyclic) bond motifs is 1. The highest BCUT2D eigenvalue weighted by Gasteiger charge is 2.14. The lowest BCUT2D eigenvalue weighted by atomic mass is 10.2. The Hall–Kier alpha value is -3.91. The van der Waals surface area contributed by atoms with Crippen LogP contribution in [-0.4, -0.2) is 27.1 Å². The van der Waals surface area contributed by atoms with Crippen LogP contribution in [0.5, 0.6) is 0 Å². The van der Waals surface area contributed by atoms with Gasteiger partial charge in [-0.2, -0.15) is 0 Å². The number of thioether (sulfide) groups is 1. The highest BCUT2D eigenvalue weighted by atomic mass is 32.2. The minimum Gasteiger partial charge on any atom is -0.352 e. The molecule has 0 radical (unpaired) electrons. The van der Waals surface area contributed by atoms with Crippen molar-refractivity contribution in [3.63, 3.8) is 0 Å². The summed E-state index contributed by atoms with van der Waals surface area (Å²) in [6, 6.07) is 26.6. The van der Waals surface area contributed by atoms with Gasteiger partial charge in [-0.3, -0.25) is 19.0 Å². The third-order valence-electron chi connectivity index (χ3n) is 5.61. The first-order valence-corrected chi connectivity index (χ1v) is 12.8. The van der Waals surface area contributed by atoms with Gasteiger partial charge in [0.2, 0.25) is 11.8 Å². The summed E-state index contributed by atoms with van der Waals surface area (Å²) in [5.74, 6) is -0.0805. The van der Waals surface area contributed by atoms with E-state index in [1.165, 1.54) is 11.8 Å². The first-order chi connectivity index (χ1) is 17.6. The van der Waals surface area contributed by atoms with Crippen molar-refractivity contribution in [2.75, 3.05) is 5.75 Å². The van der Waals surface area contributed by atoms with Gasteiger partial charge < -0.3 is 10.6 Å². The molecule has 0 unspecified atom stereocenters. The van der Waals surface area contributed by atoms with Gasteiger partial charge in [-0.05, 0) is 29.7 Å². The second-order valence-electron chi connectivity index (χ2n) is 8.29. The van der Waals surface area contributed by atoms with Gasteiger partial charge in [-0.25, -0.2) is 4.98 Å². The van der Waals surface area contributed by atoms with Crippen molar-refractivity contribution in [3.8, 4) is 0 Å². The lowest BCUT2D eigenvalue weighted by Crippen LogP contribution is -2.27. The molecule has 0 bridgehead atoms. The standard InChI is InChI=1S/C28H28N4O3S/c33-25(29-18-21-10-3-1-4-11-21)16-9-17-32-27(35)23-14-7-8-15-24(23)31-28(32)36-20-26(34)30-19-22-12-5-2-6-13-22/h1-8,10-15H,9,16-20H2,(H,29,33)(H,30,34). The number of benzene rings is 3. The average molecular weight is 501 g/mol. The molecular formula is C28H28N4O3S. The monoisotopic (exact) mass is 500 g/mol. The van der Waals surface area contributed by atoms with Crippen LogP contribution in [0.4, 0.5) is 0 Å². The van der Waals surface area contributed by atoms with Gasteiger partial charge in [0.05, 0.1) is 16.7 Å². The van der Waals surface area contributed by atoms with Crippen LogP contribution in [0.3, 0.4) is 0 Å². The molecule has 3 aromatic carbocycles. The van der Waals surface area contributed by atoms with E-state index in [0.717, 1.165) is 11.1 Å². The highest BCUT2D eigenvalue weighted by Crippen LogP contribution is 2.18. The number of nitrogens with zero attached hydrogens (tertiary/aromatic N) is 2. The predicted molar refractivity (Wildman–Crippen MR) is 143 cm³/mol. The Morgan fingerprint density at radius 1 is 0.778 bits per heavy atom. The normalized spacial score (nSPS) is 10.8. The van der Waals surface area contributed by atoms with Gasteiger partial charge >= 0.3 is 0 Å². The molecule has 0 atom stereocenters. The van der Waals surface area contributed by atoms with E-state index < -0.39 is 0 Å². The van der Waals surface area contributed by atoms with Crippen molar-refractivity contribution in [1.29, 1.82) is 0 Å². The van der Waals surface area contributed by atoms with Crippen LogP contribution < -0.4 is 16.2 Å². The quantitative estimate of drug-likeness (QED) is 0.241. The molecule has 2 amide bonds. The number of nitrogens with one attached hydrogen (secondary N) is 2. The van der Waals surface area contributed by atoms with Crippen LogP contribution in [-0.2, 0) is 29.2 Å². The van der Waals surface area contributed by atoms with Crippen molar-refractivity contribution >= 4 is 34.5 Å². The summed E-state index contributed by atoms with van der Waals surface area (Å²) in [6.45, 7) is 1.25. The van der Waals surface area contributed by atoms with E-state index in [4.69, 9.17) is 0 Å². The van der Waals surface area contributed by atoms with Crippen molar-refractivity contribution in [2.45, 2.75) is 37.6 Å². The number of carbonyl (C=O) groups excluding carboxylic acids is 2. The predicted octanol–water partition coefficient (Wildman–Crippen LogP) is 3.90. The van der Waals surface area contributed by atoms with Crippen molar-refractivity contribution < 1.29 is 9.59 Å². The number of carbonyl (C=O) groups is 2. The zero-order valence-electron chi connectivity index (χ0n) is 19.9. The second kappa shape index (κ2) is 12.7. The fraction of sp³-hybridized carbons (Fsp3) is 0.214. The Bertz CT molecular complexity index is 1370. The van der Waals surface area contributed by atoms with Gasteiger partial charge in [0.25, 0.3) is 5.56 Å².